The van der Waals surface area contributed by atoms with Crippen LogP contribution in [0.3, 0.4) is 0 Å². The SMILES string of the molecule is N#Cc1ccnc(NCCc2ccc(N)cc2)c1Cl. The predicted molar refractivity (Wildman–Crippen MR) is 77.0 cm³/mol. The quantitative estimate of drug-likeness (QED) is 0.839. The highest BCUT2D eigenvalue weighted by atomic mass is 35.5. The van der Waals surface area contributed by atoms with Gasteiger partial charge in [0.25, 0.3) is 0 Å². The number of hydrogen-bond acceptors (Lipinski definition) is 4. The number of nitrogens with one attached hydrogen (secondary N) is 1. The van der Waals surface area contributed by atoms with Crippen LogP contribution in [0.4, 0.5) is 11.5 Å². The fourth-order valence-electron chi connectivity index (χ4n) is 1.66. The molecule has 0 amide bonds. The van der Waals surface area contributed by atoms with E-state index >= 15 is 0 Å². The van der Waals surface area contributed by atoms with E-state index < -0.39 is 0 Å². The van der Waals surface area contributed by atoms with Crippen molar-refractivity contribution in [2.24, 2.45) is 0 Å². The van der Waals surface area contributed by atoms with E-state index in [4.69, 9.17) is 22.6 Å². The number of pyridine rings is 1. The van der Waals surface area contributed by atoms with Gasteiger partial charge in [0.2, 0.25) is 0 Å². The van der Waals surface area contributed by atoms with Crippen LogP contribution in [0.2, 0.25) is 5.02 Å². The van der Waals surface area contributed by atoms with Crippen LogP contribution < -0.4 is 11.1 Å². The second-order valence-electron chi connectivity index (χ2n) is 4.05. The molecule has 4 nitrogen and oxygen atoms in total. The van der Waals surface area contributed by atoms with E-state index in [1.54, 1.807) is 12.3 Å². The lowest BCUT2D eigenvalue weighted by molar-refractivity contribution is 1.01. The molecular weight excluding hydrogens is 260 g/mol. The van der Waals surface area contributed by atoms with Gasteiger partial charge in [-0.1, -0.05) is 23.7 Å². The van der Waals surface area contributed by atoms with Gasteiger partial charge in [-0.3, -0.25) is 0 Å². The minimum absolute atomic E-state index is 0.363. The van der Waals surface area contributed by atoms with E-state index in [9.17, 15) is 0 Å². The van der Waals surface area contributed by atoms with Gasteiger partial charge in [0, 0.05) is 18.4 Å². The van der Waals surface area contributed by atoms with Crippen molar-refractivity contribution in [3.63, 3.8) is 0 Å². The van der Waals surface area contributed by atoms with E-state index in [-0.39, 0.29) is 0 Å². The fraction of sp³-hybridized carbons (Fsp3) is 0.143. The largest absolute Gasteiger partial charge is 0.399 e. The zero-order valence-electron chi connectivity index (χ0n) is 10.2. The maximum Gasteiger partial charge on any atom is 0.146 e. The number of halogens is 1. The third kappa shape index (κ3) is 3.36. The summed E-state index contributed by atoms with van der Waals surface area (Å²) in [5.74, 6) is 0.538. The van der Waals surface area contributed by atoms with Crippen molar-refractivity contribution in [3.8, 4) is 6.07 Å². The highest BCUT2D eigenvalue weighted by Crippen LogP contribution is 2.22. The van der Waals surface area contributed by atoms with Crippen LogP contribution in [0.15, 0.2) is 36.5 Å². The lowest BCUT2D eigenvalue weighted by Gasteiger charge is -2.08. The van der Waals surface area contributed by atoms with Crippen LogP contribution in [0.5, 0.6) is 0 Å². The van der Waals surface area contributed by atoms with Crippen LogP contribution in [-0.4, -0.2) is 11.5 Å². The molecule has 1 aromatic heterocycles. The van der Waals surface area contributed by atoms with Gasteiger partial charge in [-0.05, 0) is 30.2 Å². The first-order valence-electron chi connectivity index (χ1n) is 5.83. The Hall–Kier alpha value is -2.25. The average molecular weight is 273 g/mol. The Morgan fingerprint density at radius 1 is 1.26 bits per heavy atom. The van der Waals surface area contributed by atoms with Gasteiger partial charge in [0.15, 0.2) is 0 Å². The highest BCUT2D eigenvalue weighted by Gasteiger charge is 2.06. The number of nitrogens with two attached hydrogens (primary N) is 1. The van der Waals surface area contributed by atoms with E-state index in [2.05, 4.69) is 10.3 Å². The van der Waals surface area contributed by atoms with Gasteiger partial charge in [-0.15, -0.1) is 0 Å². The molecule has 96 valence electrons. The van der Waals surface area contributed by atoms with Crippen LogP contribution >= 0.6 is 11.6 Å². The summed E-state index contributed by atoms with van der Waals surface area (Å²) in [6, 6.07) is 11.3. The number of anilines is 2. The third-order valence-corrected chi connectivity index (χ3v) is 3.08. The smallest absolute Gasteiger partial charge is 0.146 e. The van der Waals surface area contributed by atoms with Gasteiger partial charge >= 0.3 is 0 Å². The van der Waals surface area contributed by atoms with Crippen molar-refractivity contribution in [1.82, 2.24) is 4.98 Å². The molecule has 0 unspecified atom stereocenters. The molecule has 0 saturated carbocycles. The molecule has 0 aliphatic rings. The van der Waals surface area contributed by atoms with Crippen molar-refractivity contribution >= 4 is 23.1 Å². The standard InChI is InChI=1S/C14H13ClN4/c15-13-11(9-16)6-8-19-14(13)18-7-5-10-1-3-12(17)4-2-10/h1-4,6,8H,5,7,17H2,(H,18,19). The number of nitriles is 1. The maximum absolute atomic E-state index is 8.87. The van der Waals surface area contributed by atoms with E-state index in [1.165, 1.54) is 5.56 Å². The van der Waals surface area contributed by atoms with Crippen LogP contribution in [0.25, 0.3) is 0 Å². The van der Waals surface area contributed by atoms with Gasteiger partial charge in [0.1, 0.15) is 16.9 Å². The van der Waals surface area contributed by atoms with Crippen molar-refractivity contribution in [3.05, 3.63) is 52.7 Å². The number of benzene rings is 1. The minimum atomic E-state index is 0.363. The van der Waals surface area contributed by atoms with Gasteiger partial charge in [-0.25, -0.2) is 4.98 Å². The molecule has 2 aromatic rings. The number of nitrogens with zero attached hydrogens (tertiary/aromatic N) is 2. The maximum atomic E-state index is 8.87. The molecule has 3 N–H and O–H groups in total. The van der Waals surface area contributed by atoms with Crippen molar-refractivity contribution < 1.29 is 0 Å². The summed E-state index contributed by atoms with van der Waals surface area (Å²) < 4.78 is 0. The van der Waals surface area contributed by atoms with Gasteiger partial charge < -0.3 is 11.1 Å². The normalized spacial score (nSPS) is 9.89. The lowest BCUT2D eigenvalue weighted by atomic mass is 10.1. The molecule has 1 aromatic carbocycles. The molecule has 0 radical (unpaired) electrons. The molecule has 0 bridgehead atoms. The second kappa shape index (κ2) is 6.07. The molecule has 0 aliphatic carbocycles. The first-order chi connectivity index (χ1) is 9.20. The zero-order valence-corrected chi connectivity index (χ0v) is 11.0. The summed E-state index contributed by atoms with van der Waals surface area (Å²) in [7, 11) is 0. The average Bonchev–Trinajstić information content (AvgIpc) is 2.43. The molecule has 1 heterocycles. The monoisotopic (exact) mass is 272 g/mol. The molecule has 0 fully saturated rings. The zero-order chi connectivity index (χ0) is 13.7. The number of nitrogen functional groups attached to an aromatic ring is 1. The summed E-state index contributed by atoms with van der Waals surface area (Å²) in [5, 5.41) is 12.4. The van der Waals surface area contributed by atoms with Gasteiger partial charge in [0.05, 0.1) is 5.56 Å². The summed E-state index contributed by atoms with van der Waals surface area (Å²) in [6.07, 6.45) is 2.39. The van der Waals surface area contributed by atoms with Crippen LogP contribution in [0, 0.1) is 11.3 Å². The molecule has 0 aliphatic heterocycles. The number of rotatable bonds is 4. The number of aromatic nitrogens is 1. The lowest BCUT2D eigenvalue weighted by Crippen LogP contribution is -2.07. The van der Waals surface area contributed by atoms with Crippen molar-refractivity contribution in [1.29, 1.82) is 5.26 Å². The van der Waals surface area contributed by atoms with Crippen molar-refractivity contribution in [2.45, 2.75) is 6.42 Å². The summed E-state index contributed by atoms with van der Waals surface area (Å²) in [4.78, 5) is 4.12. The summed E-state index contributed by atoms with van der Waals surface area (Å²) in [5.41, 5.74) is 7.98. The van der Waals surface area contributed by atoms with E-state index in [0.717, 1.165) is 12.1 Å². The Morgan fingerprint density at radius 2 is 2.00 bits per heavy atom. The summed E-state index contributed by atoms with van der Waals surface area (Å²) >= 11 is 6.05. The first kappa shape index (κ1) is 13.2. The van der Waals surface area contributed by atoms with E-state index in [1.807, 2.05) is 30.3 Å². The molecule has 0 atom stereocenters. The molecule has 2 rings (SSSR count). The van der Waals surface area contributed by atoms with Gasteiger partial charge in [-0.2, -0.15) is 5.26 Å². The molecule has 5 heteroatoms. The fourth-order valence-corrected chi connectivity index (χ4v) is 1.88. The summed E-state index contributed by atoms with van der Waals surface area (Å²) in [6.45, 7) is 0.686. The molecule has 0 saturated heterocycles. The van der Waals surface area contributed by atoms with Crippen LogP contribution in [-0.2, 0) is 6.42 Å². The Balaban J connectivity index is 1.96. The first-order valence-corrected chi connectivity index (χ1v) is 6.21. The predicted octanol–water partition coefficient (Wildman–Crippen LogP) is 2.84. The topological polar surface area (TPSA) is 74.7 Å². The Morgan fingerprint density at radius 3 is 2.68 bits per heavy atom. The van der Waals surface area contributed by atoms with E-state index in [0.29, 0.717) is 22.9 Å². The minimum Gasteiger partial charge on any atom is -0.399 e. The molecular formula is C14H13ClN4. The number of hydrogen-bond donors (Lipinski definition) is 2. The van der Waals surface area contributed by atoms with Crippen LogP contribution in [0.1, 0.15) is 11.1 Å². The van der Waals surface area contributed by atoms with Crippen molar-refractivity contribution in [2.75, 3.05) is 17.6 Å². The Kier molecular flexibility index (Phi) is 4.22. The Labute approximate surface area is 116 Å². The highest BCUT2D eigenvalue weighted by molar-refractivity contribution is 6.34. The molecule has 0 spiro atoms. The second-order valence-corrected chi connectivity index (χ2v) is 4.43. The molecule has 19 heavy (non-hydrogen) atoms. The third-order valence-electron chi connectivity index (χ3n) is 2.70. The Bertz CT molecular complexity index is 602.